The highest BCUT2D eigenvalue weighted by atomic mass is 32.1. The molecule has 0 saturated carbocycles. The van der Waals surface area contributed by atoms with Crippen molar-refractivity contribution >= 4 is 21.5 Å². The molecule has 0 aromatic carbocycles. The second-order valence-electron chi connectivity index (χ2n) is 2.76. The predicted octanol–water partition coefficient (Wildman–Crippen LogP) is 0.799. The van der Waals surface area contributed by atoms with E-state index in [0.29, 0.717) is 18.2 Å². The Morgan fingerprint density at radius 1 is 1.64 bits per heavy atom. The molecule has 1 aromatic heterocycles. The van der Waals surface area contributed by atoms with E-state index in [-0.39, 0.29) is 6.10 Å². The molecule has 5 nitrogen and oxygen atoms in total. The van der Waals surface area contributed by atoms with Gasteiger partial charge >= 0.3 is 0 Å². The number of nitrogens with one attached hydrogen (secondary N) is 1. The molecule has 0 aliphatic carbocycles. The van der Waals surface area contributed by atoms with Crippen LogP contribution < -0.4 is 11.1 Å². The second kappa shape index (κ2) is 5.79. The lowest BCUT2D eigenvalue weighted by Gasteiger charge is -2.14. The SMILES string of the molecule is COCC(CNc1ncc(N)s1)OC. The number of hydrogen-bond donors (Lipinski definition) is 2. The van der Waals surface area contributed by atoms with Crippen molar-refractivity contribution in [2.75, 3.05) is 38.4 Å². The molecule has 80 valence electrons. The number of nitrogen functional groups attached to an aromatic ring is 1. The van der Waals surface area contributed by atoms with Crippen LogP contribution >= 0.6 is 11.3 Å². The van der Waals surface area contributed by atoms with Crippen LogP contribution in [0.1, 0.15) is 0 Å². The van der Waals surface area contributed by atoms with E-state index in [0.717, 1.165) is 5.13 Å². The number of methoxy groups -OCH3 is 2. The predicted molar refractivity (Wildman–Crippen MR) is 57.7 cm³/mol. The van der Waals surface area contributed by atoms with Crippen LogP contribution in [0, 0.1) is 0 Å². The van der Waals surface area contributed by atoms with Crippen LogP contribution in [-0.2, 0) is 9.47 Å². The van der Waals surface area contributed by atoms with Crippen molar-refractivity contribution in [1.82, 2.24) is 4.98 Å². The minimum atomic E-state index is 0.0325. The third-order valence-corrected chi connectivity index (χ3v) is 2.47. The summed E-state index contributed by atoms with van der Waals surface area (Å²) < 4.78 is 10.2. The van der Waals surface area contributed by atoms with Crippen LogP contribution in [0.2, 0.25) is 0 Å². The van der Waals surface area contributed by atoms with Crippen molar-refractivity contribution < 1.29 is 9.47 Å². The van der Waals surface area contributed by atoms with Crippen LogP contribution in [0.5, 0.6) is 0 Å². The monoisotopic (exact) mass is 217 g/mol. The molecule has 14 heavy (non-hydrogen) atoms. The number of nitrogens with two attached hydrogens (primary N) is 1. The zero-order chi connectivity index (χ0) is 10.4. The van der Waals surface area contributed by atoms with Crippen LogP contribution in [0.4, 0.5) is 10.1 Å². The van der Waals surface area contributed by atoms with Gasteiger partial charge in [0.05, 0.1) is 18.9 Å². The lowest BCUT2D eigenvalue weighted by molar-refractivity contribution is 0.0365. The molecule has 0 radical (unpaired) electrons. The van der Waals surface area contributed by atoms with Crippen molar-refractivity contribution in [2.45, 2.75) is 6.10 Å². The van der Waals surface area contributed by atoms with E-state index in [2.05, 4.69) is 10.3 Å². The highest BCUT2D eigenvalue weighted by molar-refractivity contribution is 7.19. The first-order valence-electron chi connectivity index (χ1n) is 4.23. The Hall–Kier alpha value is -0.850. The van der Waals surface area contributed by atoms with E-state index < -0.39 is 0 Å². The van der Waals surface area contributed by atoms with E-state index >= 15 is 0 Å². The van der Waals surface area contributed by atoms with E-state index in [1.54, 1.807) is 20.4 Å². The summed E-state index contributed by atoms with van der Waals surface area (Å²) in [5.41, 5.74) is 5.54. The maximum atomic E-state index is 5.54. The summed E-state index contributed by atoms with van der Waals surface area (Å²) in [7, 11) is 3.30. The van der Waals surface area contributed by atoms with E-state index in [9.17, 15) is 0 Å². The molecular formula is C8H15N3O2S. The van der Waals surface area contributed by atoms with Crippen LogP contribution in [0.15, 0.2) is 6.20 Å². The second-order valence-corrected chi connectivity index (χ2v) is 3.82. The number of aromatic nitrogens is 1. The number of anilines is 2. The molecule has 0 spiro atoms. The summed E-state index contributed by atoms with van der Waals surface area (Å²) in [4.78, 5) is 4.07. The first kappa shape index (κ1) is 11.2. The number of ether oxygens (including phenoxy) is 2. The van der Waals surface area contributed by atoms with E-state index in [4.69, 9.17) is 15.2 Å². The topological polar surface area (TPSA) is 69.4 Å². The fourth-order valence-electron chi connectivity index (χ4n) is 0.966. The fourth-order valence-corrected chi connectivity index (χ4v) is 1.56. The standard InChI is InChI=1S/C8H15N3O2S/c1-12-5-6(13-2)3-10-8-11-4-7(9)14-8/h4,6H,3,5,9H2,1-2H3,(H,10,11). The fraction of sp³-hybridized carbons (Fsp3) is 0.625. The average Bonchev–Trinajstić information content (AvgIpc) is 2.59. The third kappa shape index (κ3) is 3.49. The smallest absolute Gasteiger partial charge is 0.184 e. The molecule has 0 aliphatic heterocycles. The number of nitrogens with zero attached hydrogens (tertiary/aromatic N) is 1. The van der Waals surface area contributed by atoms with Crippen molar-refractivity contribution in [2.24, 2.45) is 0 Å². The minimum absolute atomic E-state index is 0.0325. The highest BCUT2D eigenvalue weighted by Gasteiger charge is 2.07. The number of hydrogen-bond acceptors (Lipinski definition) is 6. The minimum Gasteiger partial charge on any atom is -0.389 e. The Bertz CT molecular complexity index is 267. The molecule has 0 aliphatic rings. The van der Waals surface area contributed by atoms with Crippen molar-refractivity contribution in [1.29, 1.82) is 0 Å². The first-order valence-corrected chi connectivity index (χ1v) is 5.04. The summed E-state index contributed by atoms with van der Waals surface area (Å²) in [6.07, 6.45) is 1.66. The number of rotatable bonds is 6. The Morgan fingerprint density at radius 3 is 2.93 bits per heavy atom. The van der Waals surface area contributed by atoms with Gasteiger partial charge in [0.1, 0.15) is 5.00 Å². The molecular weight excluding hydrogens is 202 g/mol. The van der Waals surface area contributed by atoms with Crippen LogP contribution in [0.3, 0.4) is 0 Å². The van der Waals surface area contributed by atoms with Gasteiger partial charge in [-0.2, -0.15) is 0 Å². The largest absolute Gasteiger partial charge is 0.389 e. The van der Waals surface area contributed by atoms with Gasteiger partial charge in [-0.1, -0.05) is 11.3 Å². The van der Waals surface area contributed by atoms with Crippen LogP contribution in [0.25, 0.3) is 0 Å². The molecule has 1 unspecified atom stereocenters. The lowest BCUT2D eigenvalue weighted by Crippen LogP contribution is -2.26. The zero-order valence-electron chi connectivity index (χ0n) is 8.32. The van der Waals surface area contributed by atoms with Gasteiger partial charge in [0, 0.05) is 20.8 Å². The van der Waals surface area contributed by atoms with Gasteiger partial charge in [0.2, 0.25) is 0 Å². The molecule has 3 N–H and O–H groups in total. The Kier molecular flexibility index (Phi) is 4.64. The molecule has 0 saturated heterocycles. The van der Waals surface area contributed by atoms with Gasteiger partial charge < -0.3 is 20.5 Å². The highest BCUT2D eigenvalue weighted by Crippen LogP contribution is 2.19. The lowest BCUT2D eigenvalue weighted by atomic mass is 10.4. The Morgan fingerprint density at radius 2 is 2.43 bits per heavy atom. The molecule has 6 heteroatoms. The molecule has 0 bridgehead atoms. The van der Waals surface area contributed by atoms with Gasteiger partial charge in [-0.05, 0) is 0 Å². The van der Waals surface area contributed by atoms with Gasteiger partial charge in [-0.3, -0.25) is 0 Å². The van der Waals surface area contributed by atoms with Crippen LogP contribution in [-0.4, -0.2) is 38.5 Å². The first-order chi connectivity index (χ1) is 6.76. The van der Waals surface area contributed by atoms with Gasteiger partial charge in [-0.25, -0.2) is 4.98 Å². The van der Waals surface area contributed by atoms with Crippen molar-refractivity contribution in [3.8, 4) is 0 Å². The van der Waals surface area contributed by atoms with Gasteiger partial charge in [-0.15, -0.1) is 0 Å². The number of thiazole rings is 1. The van der Waals surface area contributed by atoms with Gasteiger partial charge in [0.25, 0.3) is 0 Å². The molecule has 1 rings (SSSR count). The molecule has 0 fully saturated rings. The molecule has 1 aromatic rings. The summed E-state index contributed by atoms with van der Waals surface area (Å²) >= 11 is 1.42. The Labute approximate surface area is 87.2 Å². The summed E-state index contributed by atoms with van der Waals surface area (Å²) in [5, 5.41) is 4.63. The maximum Gasteiger partial charge on any atom is 0.184 e. The normalized spacial score (nSPS) is 12.7. The maximum absolute atomic E-state index is 5.54. The summed E-state index contributed by atoms with van der Waals surface area (Å²) in [6, 6.07) is 0. The van der Waals surface area contributed by atoms with Crippen molar-refractivity contribution in [3.63, 3.8) is 0 Å². The Balaban J connectivity index is 2.31. The van der Waals surface area contributed by atoms with E-state index in [1.807, 2.05) is 0 Å². The summed E-state index contributed by atoms with van der Waals surface area (Å²) in [5.74, 6) is 0. The quantitative estimate of drug-likeness (QED) is 0.737. The summed E-state index contributed by atoms with van der Waals surface area (Å²) in [6.45, 7) is 1.22. The van der Waals surface area contributed by atoms with Gasteiger partial charge in [0.15, 0.2) is 5.13 Å². The van der Waals surface area contributed by atoms with Crippen molar-refractivity contribution in [3.05, 3.63) is 6.20 Å². The average molecular weight is 217 g/mol. The zero-order valence-corrected chi connectivity index (χ0v) is 9.13. The third-order valence-electron chi connectivity index (χ3n) is 1.69. The van der Waals surface area contributed by atoms with E-state index in [1.165, 1.54) is 11.3 Å². The molecule has 1 heterocycles. The molecule has 0 amide bonds. The molecule has 1 atom stereocenters.